The van der Waals surface area contributed by atoms with Crippen molar-refractivity contribution in [3.63, 3.8) is 0 Å². The minimum atomic E-state index is 0.436. The van der Waals surface area contributed by atoms with Gasteiger partial charge in [-0.05, 0) is 80.6 Å². The number of ether oxygens (including phenoxy) is 1. The van der Waals surface area contributed by atoms with Gasteiger partial charge in [-0.25, -0.2) is 4.98 Å². The van der Waals surface area contributed by atoms with E-state index in [4.69, 9.17) is 9.72 Å². The molecule has 0 spiro atoms. The quantitative estimate of drug-likeness (QED) is 0.705. The maximum atomic E-state index is 6.12. The molecule has 4 heteroatoms. The average molecular weight is 359 g/mol. The lowest BCUT2D eigenvalue weighted by Gasteiger charge is -2.14. The molecule has 0 atom stereocenters. The molecule has 3 aromatic rings. The topological polar surface area (TPSA) is 47.0 Å². The fourth-order valence-electron chi connectivity index (χ4n) is 3.48. The van der Waals surface area contributed by atoms with Gasteiger partial charge in [-0.1, -0.05) is 6.07 Å². The number of anilines is 1. The van der Waals surface area contributed by atoms with Crippen molar-refractivity contribution in [2.24, 2.45) is 0 Å². The Balaban J connectivity index is 1.64. The van der Waals surface area contributed by atoms with Crippen LogP contribution in [-0.4, -0.2) is 16.5 Å². The Morgan fingerprint density at radius 2 is 1.96 bits per heavy atom. The maximum Gasteiger partial charge on any atom is 0.146 e. The largest absolute Gasteiger partial charge is 0.485 e. The first-order valence-corrected chi connectivity index (χ1v) is 9.58. The molecular weight excluding hydrogens is 334 g/mol. The van der Waals surface area contributed by atoms with Crippen molar-refractivity contribution in [2.45, 2.75) is 39.7 Å². The zero-order valence-electron chi connectivity index (χ0n) is 16.0. The third kappa shape index (κ3) is 4.11. The Bertz CT molecular complexity index is 952. The molecule has 0 saturated carbocycles. The summed E-state index contributed by atoms with van der Waals surface area (Å²) in [5.74, 6) is 0.797. The van der Waals surface area contributed by atoms with Crippen LogP contribution in [0.4, 0.5) is 5.69 Å². The molecule has 1 N–H and O–H groups in total. The summed E-state index contributed by atoms with van der Waals surface area (Å²) in [6.45, 7) is 5.56. The average Bonchev–Trinajstić information content (AvgIpc) is 2.92. The second-order valence-corrected chi connectivity index (χ2v) is 7.17. The van der Waals surface area contributed by atoms with E-state index >= 15 is 0 Å². The van der Waals surface area contributed by atoms with Crippen molar-refractivity contribution in [1.29, 1.82) is 0 Å². The number of pyridine rings is 2. The molecule has 1 aromatic carbocycles. The van der Waals surface area contributed by atoms with E-state index in [1.807, 2.05) is 31.3 Å². The first-order valence-electron chi connectivity index (χ1n) is 9.58. The second-order valence-electron chi connectivity index (χ2n) is 7.17. The molecule has 0 amide bonds. The van der Waals surface area contributed by atoms with Gasteiger partial charge in [0, 0.05) is 29.7 Å². The number of fused-ring (bicyclic) bond motifs is 1. The van der Waals surface area contributed by atoms with E-state index in [-0.39, 0.29) is 0 Å². The van der Waals surface area contributed by atoms with Gasteiger partial charge in [0.2, 0.25) is 0 Å². The maximum absolute atomic E-state index is 6.12. The van der Waals surface area contributed by atoms with Crippen molar-refractivity contribution in [2.75, 3.05) is 11.9 Å². The third-order valence-corrected chi connectivity index (χ3v) is 4.91. The van der Waals surface area contributed by atoms with Crippen molar-refractivity contribution in [1.82, 2.24) is 9.97 Å². The normalized spacial score (nSPS) is 13.4. The van der Waals surface area contributed by atoms with Crippen molar-refractivity contribution < 1.29 is 4.74 Å². The minimum Gasteiger partial charge on any atom is -0.485 e. The van der Waals surface area contributed by atoms with E-state index < -0.39 is 0 Å². The lowest BCUT2D eigenvalue weighted by atomic mass is 10.0. The highest BCUT2D eigenvalue weighted by Gasteiger charge is 2.13. The molecule has 4 nitrogen and oxygen atoms in total. The standard InChI is InChI=1S/C23H25N3O/c1-16-10-12-24-20(13-16)15-27-22-9-6-17(2)26-23(22)19-7-8-21-18(14-19)5-3-4-11-25-21/h6-10,12-14,25H,3-5,11,15H2,1-2H3. The third-order valence-electron chi connectivity index (χ3n) is 4.91. The van der Waals surface area contributed by atoms with Gasteiger partial charge in [0.15, 0.2) is 0 Å². The van der Waals surface area contributed by atoms with Gasteiger partial charge in [0.05, 0.1) is 5.69 Å². The van der Waals surface area contributed by atoms with Gasteiger partial charge >= 0.3 is 0 Å². The number of hydrogen-bond donors (Lipinski definition) is 1. The van der Waals surface area contributed by atoms with Crippen LogP contribution >= 0.6 is 0 Å². The second kappa shape index (κ2) is 7.78. The first-order chi connectivity index (χ1) is 13.2. The number of nitrogens with one attached hydrogen (secondary N) is 1. The molecular formula is C23H25N3O. The molecule has 3 heterocycles. The number of nitrogens with zero attached hydrogens (tertiary/aromatic N) is 2. The van der Waals surface area contributed by atoms with Gasteiger partial charge in [0.1, 0.15) is 18.1 Å². The Kier molecular flexibility index (Phi) is 5.05. The van der Waals surface area contributed by atoms with Crippen molar-refractivity contribution in [3.05, 3.63) is 71.2 Å². The van der Waals surface area contributed by atoms with Gasteiger partial charge in [0.25, 0.3) is 0 Å². The van der Waals surface area contributed by atoms with Crippen molar-refractivity contribution in [3.8, 4) is 17.0 Å². The van der Waals surface area contributed by atoms with E-state index in [2.05, 4.69) is 41.5 Å². The highest BCUT2D eigenvalue weighted by Crippen LogP contribution is 2.33. The summed E-state index contributed by atoms with van der Waals surface area (Å²) in [5.41, 5.74) is 7.70. The molecule has 4 rings (SSSR count). The van der Waals surface area contributed by atoms with E-state index in [1.54, 1.807) is 0 Å². The number of aromatic nitrogens is 2. The summed E-state index contributed by atoms with van der Waals surface area (Å²) < 4.78 is 6.12. The lowest BCUT2D eigenvalue weighted by Crippen LogP contribution is -2.02. The molecule has 0 unspecified atom stereocenters. The molecule has 0 aliphatic carbocycles. The summed E-state index contributed by atoms with van der Waals surface area (Å²) >= 11 is 0. The number of hydrogen-bond acceptors (Lipinski definition) is 4. The van der Waals surface area contributed by atoms with Crippen LogP contribution in [0, 0.1) is 13.8 Å². The lowest BCUT2D eigenvalue weighted by molar-refractivity contribution is 0.301. The Hall–Kier alpha value is -2.88. The number of rotatable bonds is 4. The van der Waals surface area contributed by atoms with Gasteiger partial charge < -0.3 is 10.1 Å². The van der Waals surface area contributed by atoms with Gasteiger partial charge in [-0.15, -0.1) is 0 Å². The molecule has 27 heavy (non-hydrogen) atoms. The van der Waals surface area contributed by atoms with Crippen LogP contribution in [0.2, 0.25) is 0 Å². The molecule has 1 aliphatic heterocycles. The van der Waals surface area contributed by atoms with Crippen LogP contribution in [0.1, 0.15) is 35.4 Å². The molecule has 0 fully saturated rings. The van der Waals surface area contributed by atoms with Crippen LogP contribution in [-0.2, 0) is 13.0 Å². The van der Waals surface area contributed by atoms with Crippen LogP contribution in [0.3, 0.4) is 0 Å². The zero-order chi connectivity index (χ0) is 18.6. The summed E-state index contributed by atoms with van der Waals surface area (Å²) in [4.78, 5) is 9.17. The van der Waals surface area contributed by atoms with E-state index in [9.17, 15) is 0 Å². The summed E-state index contributed by atoms with van der Waals surface area (Å²) in [6, 6.07) is 14.6. The highest BCUT2D eigenvalue weighted by atomic mass is 16.5. The van der Waals surface area contributed by atoms with Crippen LogP contribution < -0.4 is 10.1 Å². The molecule has 2 aromatic heterocycles. The van der Waals surface area contributed by atoms with Crippen molar-refractivity contribution >= 4 is 5.69 Å². The fraction of sp³-hybridized carbons (Fsp3) is 0.304. The zero-order valence-corrected chi connectivity index (χ0v) is 16.0. The minimum absolute atomic E-state index is 0.436. The Morgan fingerprint density at radius 3 is 2.85 bits per heavy atom. The molecule has 0 bridgehead atoms. The van der Waals surface area contributed by atoms with Crippen LogP contribution in [0.25, 0.3) is 11.3 Å². The van der Waals surface area contributed by atoms with Gasteiger partial charge in [-0.2, -0.15) is 0 Å². The Labute approximate surface area is 160 Å². The predicted molar refractivity (Wildman–Crippen MR) is 109 cm³/mol. The monoisotopic (exact) mass is 359 g/mol. The van der Waals surface area contributed by atoms with Crippen LogP contribution in [0.15, 0.2) is 48.7 Å². The highest BCUT2D eigenvalue weighted by molar-refractivity contribution is 5.71. The SMILES string of the molecule is Cc1ccnc(COc2ccc(C)nc2-c2ccc3c(c2)CCCCN3)c1. The van der Waals surface area contributed by atoms with Crippen LogP contribution in [0.5, 0.6) is 5.75 Å². The number of benzene rings is 1. The smallest absolute Gasteiger partial charge is 0.146 e. The molecule has 0 radical (unpaired) electrons. The summed E-state index contributed by atoms with van der Waals surface area (Å²) in [7, 11) is 0. The molecule has 138 valence electrons. The van der Waals surface area contributed by atoms with E-state index in [0.717, 1.165) is 41.4 Å². The first kappa shape index (κ1) is 17.5. The predicted octanol–water partition coefficient (Wildman–Crippen LogP) is 5.09. The number of aryl methyl sites for hydroxylation is 3. The van der Waals surface area contributed by atoms with E-state index in [1.165, 1.54) is 29.7 Å². The van der Waals surface area contributed by atoms with Gasteiger partial charge in [-0.3, -0.25) is 4.98 Å². The fourth-order valence-corrected chi connectivity index (χ4v) is 3.48. The summed E-state index contributed by atoms with van der Waals surface area (Å²) in [5, 5.41) is 3.52. The molecule has 1 aliphatic rings. The molecule has 0 saturated heterocycles. The summed E-state index contributed by atoms with van der Waals surface area (Å²) in [6.07, 6.45) is 5.35. The van der Waals surface area contributed by atoms with E-state index in [0.29, 0.717) is 6.61 Å². The Morgan fingerprint density at radius 1 is 1.04 bits per heavy atom.